The Morgan fingerprint density at radius 1 is 1.03 bits per heavy atom. The second-order valence-corrected chi connectivity index (χ2v) is 7.53. The Morgan fingerprint density at radius 2 is 1.81 bits per heavy atom. The molecule has 1 amide bonds. The zero-order valence-corrected chi connectivity index (χ0v) is 17.5. The van der Waals surface area contributed by atoms with Crippen LogP contribution in [0, 0.1) is 12.7 Å². The van der Waals surface area contributed by atoms with Crippen LogP contribution in [0.25, 0.3) is 16.7 Å². The van der Waals surface area contributed by atoms with E-state index in [9.17, 15) is 19.1 Å². The summed E-state index contributed by atoms with van der Waals surface area (Å²) < 4.78 is 15.4. The van der Waals surface area contributed by atoms with Crippen LogP contribution in [0.4, 0.5) is 4.39 Å². The number of amides is 1. The van der Waals surface area contributed by atoms with Gasteiger partial charge >= 0.3 is 5.97 Å². The van der Waals surface area contributed by atoms with E-state index in [-0.39, 0.29) is 12.4 Å². The van der Waals surface area contributed by atoms with Crippen molar-refractivity contribution >= 4 is 22.9 Å². The number of fused-ring (bicyclic) bond motifs is 1. The minimum atomic E-state index is -1.11. The lowest BCUT2D eigenvalue weighted by Crippen LogP contribution is -2.37. The molecule has 0 aliphatic carbocycles. The van der Waals surface area contributed by atoms with Crippen LogP contribution in [0.3, 0.4) is 0 Å². The summed E-state index contributed by atoms with van der Waals surface area (Å²) in [6, 6.07) is 21.0. The lowest BCUT2D eigenvalue weighted by atomic mass is 10.1. The van der Waals surface area contributed by atoms with E-state index >= 15 is 0 Å². The number of aryl methyl sites for hydroxylation is 1. The first-order valence-electron chi connectivity index (χ1n) is 10.2. The molecule has 162 valence electrons. The lowest BCUT2D eigenvalue weighted by Gasteiger charge is -2.21. The smallest absolute Gasteiger partial charge is 0.323 e. The zero-order valence-electron chi connectivity index (χ0n) is 17.5. The molecule has 0 bridgehead atoms. The van der Waals surface area contributed by atoms with Crippen molar-refractivity contribution in [2.75, 3.05) is 13.1 Å². The molecular weight excluding hydrogens is 409 g/mol. The molecule has 0 fully saturated rings. The molecule has 6 nitrogen and oxygen atoms in total. The van der Waals surface area contributed by atoms with Crippen LogP contribution < -0.4 is 0 Å². The Labute approximate surface area is 184 Å². The third kappa shape index (κ3) is 4.51. The van der Waals surface area contributed by atoms with Crippen LogP contribution >= 0.6 is 0 Å². The van der Waals surface area contributed by atoms with Gasteiger partial charge in [-0.2, -0.15) is 0 Å². The molecule has 0 unspecified atom stereocenters. The van der Waals surface area contributed by atoms with Crippen molar-refractivity contribution in [2.45, 2.75) is 13.3 Å². The number of para-hydroxylation sites is 1. The molecule has 1 aromatic heterocycles. The highest BCUT2D eigenvalue weighted by Gasteiger charge is 2.20. The summed E-state index contributed by atoms with van der Waals surface area (Å²) in [7, 11) is 0. The van der Waals surface area contributed by atoms with Gasteiger partial charge in [-0.1, -0.05) is 30.3 Å². The highest BCUT2D eigenvalue weighted by Crippen LogP contribution is 2.23. The number of carbonyl (C=O) groups excluding carboxylic acids is 1. The van der Waals surface area contributed by atoms with Gasteiger partial charge in [-0.3, -0.25) is 14.2 Å². The third-order valence-corrected chi connectivity index (χ3v) is 5.26. The standard InChI is InChI=1S/C25H22FN3O3/c1-17-27-22-15-19(10-11-23(22)29(17)21-8-3-2-4-9-21)25(32)28(16-24(30)31)13-12-18-6-5-7-20(26)14-18/h2-11,14-15H,12-13,16H2,1H3,(H,30,31). The van der Waals surface area contributed by atoms with Crippen molar-refractivity contribution in [2.24, 2.45) is 0 Å². The largest absolute Gasteiger partial charge is 0.480 e. The van der Waals surface area contributed by atoms with Crippen molar-refractivity contribution in [3.05, 3.63) is 95.6 Å². The number of halogens is 1. The minimum absolute atomic E-state index is 0.157. The molecule has 0 atom stereocenters. The van der Waals surface area contributed by atoms with Gasteiger partial charge in [-0.15, -0.1) is 0 Å². The first kappa shape index (κ1) is 21.2. The number of hydrogen-bond acceptors (Lipinski definition) is 3. The number of nitrogens with zero attached hydrogens (tertiary/aromatic N) is 3. The number of imidazole rings is 1. The number of aromatic nitrogens is 2. The van der Waals surface area contributed by atoms with Gasteiger partial charge in [0.25, 0.3) is 5.91 Å². The van der Waals surface area contributed by atoms with Gasteiger partial charge in [0, 0.05) is 17.8 Å². The van der Waals surface area contributed by atoms with Gasteiger partial charge in [-0.05, 0) is 61.4 Å². The van der Waals surface area contributed by atoms with Crippen molar-refractivity contribution in [3.8, 4) is 5.69 Å². The molecule has 3 aromatic carbocycles. The summed E-state index contributed by atoms with van der Waals surface area (Å²) in [6.45, 7) is 1.61. The van der Waals surface area contributed by atoms with E-state index < -0.39 is 18.4 Å². The van der Waals surface area contributed by atoms with Gasteiger partial charge in [0.15, 0.2) is 0 Å². The van der Waals surface area contributed by atoms with E-state index in [2.05, 4.69) is 4.98 Å². The molecule has 1 N–H and O–H groups in total. The van der Waals surface area contributed by atoms with Crippen molar-refractivity contribution in [3.63, 3.8) is 0 Å². The fourth-order valence-electron chi connectivity index (χ4n) is 3.79. The fraction of sp³-hybridized carbons (Fsp3) is 0.160. The first-order chi connectivity index (χ1) is 15.4. The molecule has 0 spiro atoms. The van der Waals surface area contributed by atoms with E-state index in [4.69, 9.17) is 0 Å². The second-order valence-electron chi connectivity index (χ2n) is 7.53. The molecule has 4 rings (SSSR count). The number of rotatable bonds is 7. The topological polar surface area (TPSA) is 75.4 Å². The maximum absolute atomic E-state index is 13.4. The highest BCUT2D eigenvalue weighted by atomic mass is 19.1. The predicted octanol–water partition coefficient (Wildman–Crippen LogP) is 4.24. The van der Waals surface area contributed by atoms with Gasteiger partial charge in [-0.25, -0.2) is 9.37 Å². The number of hydrogen-bond donors (Lipinski definition) is 1. The minimum Gasteiger partial charge on any atom is -0.480 e. The van der Waals surface area contributed by atoms with E-state index in [0.717, 1.165) is 17.0 Å². The SMILES string of the molecule is Cc1nc2cc(C(=O)N(CCc3cccc(F)c3)CC(=O)O)ccc2n1-c1ccccc1. The Balaban J connectivity index is 1.61. The maximum atomic E-state index is 13.4. The Kier molecular flexibility index (Phi) is 5.98. The van der Waals surface area contributed by atoms with Crippen molar-refractivity contribution < 1.29 is 19.1 Å². The van der Waals surface area contributed by atoms with Crippen LogP contribution in [-0.4, -0.2) is 44.5 Å². The maximum Gasteiger partial charge on any atom is 0.323 e. The van der Waals surface area contributed by atoms with Gasteiger partial charge < -0.3 is 10.0 Å². The van der Waals surface area contributed by atoms with Crippen LogP contribution in [-0.2, 0) is 11.2 Å². The number of benzene rings is 3. The van der Waals surface area contributed by atoms with Gasteiger partial charge in [0.1, 0.15) is 18.2 Å². The average Bonchev–Trinajstić information content (AvgIpc) is 3.11. The number of carboxylic acid groups (broad SMARTS) is 1. The summed E-state index contributed by atoms with van der Waals surface area (Å²) in [5, 5.41) is 9.29. The fourth-order valence-corrected chi connectivity index (χ4v) is 3.79. The average molecular weight is 431 g/mol. The predicted molar refractivity (Wildman–Crippen MR) is 119 cm³/mol. The monoisotopic (exact) mass is 431 g/mol. The second kappa shape index (κ2) is 9.01. The summed E-state index contributed by atoms with van der Waals surface area (Å²) in [6.07, 6.45) is 0.348. The molecule has 0 saturated heterocycles. The molecule has 7 heteroatoms. The Hall–Kier alpha value is -4.00. The summed E-state index contributed by atoms with van der Waals surface area (Å²) in [5.41, 5.74) is 3.53. The molecular formula is C25H22FN3O3. The van der Waals surface area contributed by atoms with E-state index in [0.29, 0.717) is 23.1 Å². The number of carboxylic acids is 1. The number of aliphatic carboxylic acids is 1. The van der Waals surface area contributed by atoms with E-state index in [1.54, 1.807) is 24.3 Å². The van der Waals surface area contributed by atoms with Crippen molar-refractivity contribution in [1.29, 1.82) is 0 Å². The Morgan fingerprint density at radius 3 is 2.53 bits per heavy atom. The normalized spacial score (nSPS) is 10.9. The molecule has 0 saturated carbocycles. The van der Waals surface area contributed by atoms with Gasteiger partial charge in [0.2, 0.25) is 0 Å². The molecule has 4 aromatic rings. The Bertz CT molecular complexity index is 1280. The first-order valence-corrected chi connectivity index (χ1v) is 10.2. The molecule has 32 heavy (non-hydrogen) atoms. The van der Waals surface area contributed by atoms with Crippen molar-refractivity contribution in [1.82, 2.24) is 14.5 Å². The zero-order chi connectivity index (χ0) is 22.7. The highest BCUT2D eigenvalue weighted by molar-refractivity contribution is 5.98. The summed E-state index contributed by atoms with van der Waals surface area (Å²) >= 11 is 0. The van der Waals surface area contributed by atoms with Crippen LogP contribution in [0.5, 0.6) is 0 Å². The molecule has 0 radical (unpaired) electrons. The van der Waals surface area contributed by atoms with Crippen LogP contribution in [0.15, 0.2) is 72.8 Å². The summed E-state index contributed by atoms with van der Waals surface area (Å²) in [5.74, 6) is -1.10. The van der Waals surface area contributed by atoms with Crippen LogP contribution in [0.1, 0.15) is 21.7 Å². The summed E-state index contributed by atoms with van der Waals surface area (Å²) in [4.78, 5) is 30.3. The van der Waals surface area contributed by atoms with E-state index in [1.807, 2.05) is 47.9 Å². The molecule has 0 aliphatic rings. The van der Waals surface area contributed by atoms with E-state index in [1.165, 1.54) is 17.0 Å². The quantitative estimate of drug-likeness (QED) is 0.475. The molecule has 1 heterocycles. The molecule has 0 aliphatic heterocycles. The third-order valence-electron chi connectivity index (χ3n) is 5.26. The van der Waals surface area contributed by atoms with Gasteiger partial charge in [0.05, 0.1) is 11.0 Å². The number of carbonyl (C=O) groups is 2. The van der Waals surface area contributed by atoms with Crippen LogP contribution in [0.2, 0.25) is 0 Å². The lowest BCUT2D eigenvalue weighted by molar-refractivity contribution is -0.137.